The Morgan fingerprint density at radius 1 is 0.964 bits per heavy atom. The van der Waals surface area contributed by atoms with Gasteiger partial charge in [-0.3, -0.25) is 4.90 Å². The summed E-state index contributed by atoms with van der Waals surface area (Å²) in [6.07, 6.45) is -1.47. The van der Waals surface area contributed by atoms with Crippen LogP contribution in [0.4, 0.5) is 13.2 Å². The standard InChI is InChI=1S/C22H20ClF3N2/c23-18-8-3-7-16(14-18)21-20-10-4-11-27(20)12-5-13-28(21)15-17-6-1-2-9-19(17)22(24,25)26/h1-4,6-11,14,21H,5,12-13,15H2. The first-order valence-electron chi connectivity index (χ1n) is 9.23. The van der Waals surface area contributed by atoms with Gasteiger partial charge in [-0.15, -0.1) is 0 Å². The molecule has 3 aromatic rings. The average molecular weight is 405 g/mol. The Hall–Kier alpha value is -2.24. The highest BCUT2D eigenvalue weighted by atomic mass is 35.5. The molecule has 6 heteroatoms. The van der Waals surface area contributed by atoms with Crippen LogP contribution in [0.2, 0.25) is 5.02 Å². The summed E-state index contributed by atoms with van der Waals surface area (Å²) in [5.41, 5.74) is 1.78. The van der Waals surface area contributed by atoms with Crippen molar-refractivity contribution >= 4 is 11.6 Å². The maximum Gasteiger partial charge on any atom is 0.416 e. The van der Waals surface area contributed by atoms with Gasteiger partial charge in [0, 0.05) is 36.5 Å². The molecule has 0 amide bonds. The second kappa shape index (κ2) is 7.64. The fourth-order valence-electron chi connectivity index (χ4n) is 4.02. The van der Waals surface area contributed by atoms with E-state index in [1.165, 1.54) is 6.07 Å². The molecule has 0 bridgehead atoms. The number of halogens is 4. The van der Waals surface area contributed by atoms with Crippen LogP contribution in [0.25, 0.3) is 0 Å². The number of aromatic nitrogens is 1. The Bertz CT molecular complexity index is 964. The third-order valence-electron chi connectivity index (χ3n) is 5.21. The molecule has 0 saturated heterocycles. The largest absolute Gasteiger partial charge is 0.416 e. The van der Waals surface area contributed by atoms with E-state index in [2.05, 4.69) is 9.47 Å². The van der Waals surface area contributed by atoms with Gasteiger partial charge in [-0.2, -0.15) is 13.2 Å². The SMILES string of the molecule is FC(F)(F)c1ccccc1CN1CCCn2cccc2C1c1cccc(Cl)c1. The van der Waals surface area contributed by atoms with Gasteiger partial charge in [-0.05, 0) is 47.9 Å². The van der Waals surface area contributed by atoms with E-state index in [0.29, 0.717) is 17.1 Å². The van der Waals surface area contributed by atoms with E-state index in [-0.39, 0.29) is 12.6 Å². The molecule has 1 aliphatic rings. The summed E-state index contributed by atoms with van der Waals surface area (Å²) < 4.78 is 42.7. The maximum atomic E-state index is 13.5. The lowest BCUT2D eigenvalue weighted by molar-refractivity contribution is -0.138. The predicted octanol–water partition coefficient (Wildman–Crippen LogP) is 6.16. The van der Waals surface area contributed by atoms with Crippen LogP contribution in [0.15, 0.2) is 66.9 Å². The van der Waals surface area contributed by atoms with Crippen LogP contribution < -0.4 is 0 Å². The van der Waals surface area contributed by atoms with E-state index in [0.717, 1.165) is 30.3 Å². The van der Waals surface area contributed by atoms with Crippen molar-refractivity contribution in [1.82, 2.24) is 9.47 Å². The number of benzene rings is 2. The molecule has 146 valence electrons. The Balaban J connectivity index is 1.77. The minimum absolute atomic E-state index is 0.155. The third kappa shape index (κ3) is 3.82. The molecule has 4 rings (SSSR count). The highest BCUT2D eigenvalue weighted by Crippen LogP contribution is 2.37. The topological polar surface area (TPSA) is 8.17 Å². The minimum Gasteiger partial charge on any atom is -0.350 e. The molecule has 1 unspecified atom stereocenters. The van der Waals surface area contributed by atoms with E-state index >= 15 is 0 Å². The van der Waals surface area contributed by atoms with Crippen LogP contribution in [0, 0.1) is 0 Å². The van der Waals surface area contributed by atoms with Gasteiger partial charge in [0.2, 0.25) is 0 Å². The van der Waals surface area contributed by atoms with Crippen LogP contribution >= 0.6 is 11.6 Å². The number of nitrogens with zero attached hydrogens (tertiary/aromatic N) is 2. The molecule has 1 aromatic heterocycles. The first-order valence-corrected chi connectivity index (χ1v) is 9.61. The molecule has 2 aromatic carbocycles. The molecule has 0 fully saturated rings. The average Bonchev–Trinajstić information content (AvgIpc) is 3.03. The summed E-state index contributed by atoms with van der Waals surface area (Å²) in [7, 11) is 0. The van der Waals surface area contributed by atoms with Crippen molar-refractivity contribution in [3.05, 3.63) is 94.3 Å². The number of alkyl halides is 3. The summed E-state index contributed by atoms with van der Waals surface area (Å²) >= 11 is 6.22. The molecule has 0 spiro atoms. The summed E-state index contributed by atoms with van der Waals surface area (Å²) in [5, 5.41) is 0.621. The van der Waals surface area contributed by atoms with E-state index in [1.54, 1.807) is 12.1 Å². The van der Waals surface area contributed by atoms with Gasteiger partial charge in [-0.1, -0.05) is 41.9 Å². The molecular weight excluding hydrogens is 385 g/mol. The first kappa shape index (κ1) is 19.1. The molecule has 1 atom stereocenters. The van der Waals surface area contributed by atoms with Crippen molar-refractivity contribution in [2.24, 2.45) is 0 Å². The van der Waals surface area contributed by atoms with Crippen LogP contribution in [0.1, 0.15) is 34.8 Å². The molecule has 1 aliphatic heterocycles. The van der Waals surface area contributed by atoms with Crippen molar-refractivity contribution in [2.75, 3.05) is 6.54 Å². The van der Waals surface area contributed by atoms with E-state index in [1.807, 2.05) is 42.6 Å². The highest BCUT2D eigenvalue weighted by molar-refractivity contribution is 6.30. The molecule has 28 heavy (non-hydrogen) atoms. The zero-order chi connectivity index (χ0) is 19.7. The normalized spacial score (nSPS) is 17.9. The fraction of sp³-hybridized carbons (Fsp3) is 0.273. The van der Waals surface area contributed by atoms with Crippen molar-refractivity contribution < 1.29 is 13.2 Å². The Labute approximate surface area is 167 Å². The quantitative estimate of drug-likeness (QED) is 0.508. The lowest BCUT2D eigenvalue weighted by Gasteiger charge is -2.31. The molecule has 2 heterocycles. The zero-order valence-electron chi connectivity index (χ0n) is 15.2. The van der Waals surface area contributed by atoms with Gasteiger partial charge in [0.15, 0.2) is 0 Å². The number of aryl methyl sites for hydroxylation is 1. The van der Waals surface area contributed by atoms with E-state index in [4.69, 9.17) is 11.6 Å². The van der Waals surface area contributed by atoms with Crippen LogP contribution in [-0.4, -0.2) is 16.0 Å². The third-order valence-corrected chi connectivity index (χ3v) is 5.45. The van der Waals surface area contributed by atoms with Gasteiger partial charge in [0.25, 0.3) is 0 Å². The lowest BCUT2D eigenvalue weighted by atomic mass is 10.00. The zero-order valence-corrected chi connectivity index (χ0v) is 15.9. The minimum atomic E-state index is -4.37. The molecule has 0 N–H and O–H groups in total. The predicted molar refractivity (Wildman–Crippen MR) is 104 cm³/mol. The van der Waals surface area contributed by atoms with Gasteiger partial charge < -0.3 is 4.57 Å². The number of fused-ring (bicyclic) bond motifs is 1. The van der Waals surface area contributed by atoms with Crippen LogP contribution in [-0.2, 0) is 19.3 Å². The number of hydrogen-bond acceptors (Lipinski definition) is 1. The molecule has 0 saturated carbocycles. The molecule has 0 aliphatic carbocycles. The van der Waals surface area contributed by atoms with Crippen molar-refractivity contribution in [3.63, 3.8) is 0 Å². The number of rotatable bonds is 3. The highest BCUT2D eigenvalue weighted by Gasteiger charge is 2.35. The Morgan fingerprint density at radius 2 is 1.79 bits per heavy atom. The summed E-state index contributed by atoms with van der Waals surface area (Å²) in [6.45, 7) is 1.76. The molecule has 0 radical (unpaired) electrons. The summed E-state index contributed by atoms with van der Waals surface area (Å²) in [6, 6.07) is 17.3. The number of hydrogen-bond donors (Lipinski definition) is 0. The molecule has 2 nitrogen and oxygen atoms in total. The van der Waals surface area contributed by atoms with E-state index in [9.17, 15) is 13.2 Å². The second-order valence-electron chi connectivity index (χ2n) is 7.06. The smallest absolute Gasteiger partial charge is 0.350 e. The fourth-order valence-corrected chi connectivity index (χ4v) is 4.22. The summed E-state index contributed by atoms with van der Waals surface area (Å²) in [4.78, 5) is 2.12. The monoisotopic (exact) mass is 404 g/mol. The molecular formula is C22H20ClF3N2. The Kier molecular flexibility index (Phi) is 5.21. The van der Waals surface area contributed by atoms with Crippen molar-refractivity contribution in [1.29, 1.82) is 0 Å². The van der Waals surface area contributed by atoms with Gasteiger partial charge in [-0.25, -0.2) is 0 Å². The maximum absolute atomic E-state index is 13.5. The second-order valence-corrected chi connectivity index (χ2v) is 7.50. The van der Waals surface area contributed by atoms with Crippen molar-refractivity contribution in [3.8, 4) is 0 Å². The van der Waals surface area contributed by atoms with Gasteiger partial charge >= 0.3 is 6.18 Å². The summed E-state index contributed by atoms with van der Waals surface area (Å²) in [5.74, 6) is 0. The lowest BCUT2D eigenvalue weighted by Crippen LogP contribution is -2.30. The van der Waals surface area contributed by atoms with Gasteiger partial charge in [0.05, 0.1) is 11.6 Å². The van der Waals surface area contributed by atoms with Crippen LogP contribution in [0.5, 0.6) is 0 Å². The Morgan fingerprint density at radius 3 is 2.57 bits per heavy atom. The van der Waals surface area contributed by atoms with E-state index < -0.39 is 11.7 Å². The van der Waals surface area contributed by atoms with Crippen molar-refractivity contribution in [2.45, 2.75) is 31.7 Å². The van der Waals surface area contributed by atoms with Gasteiger partial charge in [0.1, 0.15) is 0 Å². The first-order chi connectivity index (χ1) is 13.4. The van der Waals surface area contributed by atoms with Crippen LogP contribution in [0.3, 0.4) is 0 Å².